The maximum Gasteiger partial charge on any atom is 0.164 e. The van der Waals surface area contributed by atoms with Gasteiger partial charge in [0, 0.05) is 22.1 Å². The molecule has 0 unspecified atom stereocenters. The molecule has 1 heterocycles. The van der Waals surface area contributed by atoms with E-state index in [1.807, 2.05) is 0 Å². The van der Waals surface area contributed by atoms with Gasteiger partial charge in [0.25, 0.3) is 0 Å². The van der Waals surface area contributed by atoms with E-state index in [2.05, 4.69) is 168 Å². The van der Waals surface area contributed by atoms with Crippen LogP contribution < -0.4 is 10.4 Å². The number of nitrogens with zero attached hydrogens (tertiary/aromatic N) is 3. The lowest BCUT2D eigenvalue weighted by Gasteiger charge is -2.22. The topological polar surface area (TPSA) is 38.7 Å². The van der Waals surface area contributed by atoms with Gasteiger partial charge < -0.3 is 0 Å². The average Bonchev–Trinajstić information content (AvgIpc) is 3.30. The summed E-state index contributed by atoms with van der Waals surface area (Å²) in [5.41, 5.74) is 10.8. The Morgan fingerprint density at radius 2 is 0.787 bits per heavy atom. The van der Waals surface area contributed by atoms with E-state index < -0.39 is 16.1 Å². The fraction of sp³-hybridized carbons (Fsp3) is 0.214. The molecule has 1 aliphatic rings. The standard InChI is InChI=1S/C42H43N3Si2/c1-42(2)37-12-10-9-11-35(37)36-26-21-32(27-38(36)42)28-13-15-29(16-14-28)39-43-40(30-17-22-33(23-18-30)46(3,4)5)45-41(44-39)31-19-24-34(25-20-31)47(6,7)8/h9-27H,1-8H3. The highest BCUT2D eigenvalue weighted by atomic mass is 28.3. The fourth-order valence-corrected chi connectivity index (χ4v) is 9.03. The molecule has 7 rings (SSSR count). The average molecular weight is 646 g/mol. The molecule has 0 spiro atoms. The lowest BCUT2D eigenvalue weighted by atomic mass is 9.81. The van der Waals surface area contributed by atoms with E-state index in [9.17, 15) is 0 Å². The van der Waals surface area contributed by atoms with Gasteiger partial charge in [0.1, 0.15) is 0 Å². The van der Waals surface area contributed by atoms with Gasteiger partial charge in [-0.05, 0) is 39.4 Å². The predicted octanol–water partition coefficient (Wildman–Crippen LogP) is 9.94. The lowest BCUT2D eigenvalue weighted by Crippen LogP contribution is -2.37. The minimum Gasteiger partial charge on any atom is -0.208 e. The Labute approximate surface area is 281 Å². The highest BCUT2D eigenvalue weighted by Crippen LogP contribution is 2.49. The van der Waals surface area contributed by atoms with E-state index in [4.69, 9.17) is 15.0 Å². The summed E-state index contributed by atoms with van der Waals surface area (Å²) in [6, 6.07) is 42.1. The first-order valence-corrected chi connectivity index (χ1v) is 23.6. The molecule has 5 aromatic carbocycles. The lowest BCUT2D eigenvalue weighted by molar-refractivity contribution is 0.660. The molecular formula is C42H43N3Si2. The van der Waals surface area contributed by atoms with Gasteiger partial charge >= 0.3 is 0 Å². The molecule has 3 nitrogen and oxygen atoms in total. The van der Waals surface area contributed by atoms with Crippen LogP contribution in [-0.2, 0) is 5.41 Å². The van der Waals surface area contributed by atoms with Crippen molar-refractivity contribution < 1.29 is 0 Å². The Balaban J connectivity index is 1.27. The normalized spacial score (nSPS) is 13.7. The van der Waals surface area contributed by atoms with Gasteiger partial charge in [-0.15, -0.1) is 0 Å². The first kappa shape index (κ1) is 31.2. The maximum absolute atomic E-state index is 5.04. The minimum absolute atomic E-state index is 0.0277. The van der Waals surface area contributed by atoms with Crippen molar-refractivity contribution in [1.82, 2.24) is 15.0 Å². The number of hydrogen-bond donors (Lipinski definition) is 0. The Bertz CT molecular complexity index is 2020. The molecule has 0 atom stereocenters. The summed E-state index contributed by atoms with van der Waals surface area (Å²) in [5.74, 6) is 2.09. The molecule has 0 bridgehead atoms. The van der Waals surface area contributed by atoms with E-state index in [0.29, 0.717) is 17.5 Å². The van der Waals surface area contributed by atoms with Gasteiger partial charge in [0.05, 0.1) is 16.1 Å². The van der Waals surface area contributed by atoms with Crippen LogP contribution in [0.1, 0.15) is 25.0 Å². The second-order valence-corrected chi connectivity index (χ2v) is 25.6. The highest BCUT2D eigenvalue weighted by Gasteiger charge is 2.35. The molecule has 0 aliphatic heterocycles. The van der Waals surface area contributed by atoms with E-state index in [1.54, 1.807) is 0 Å². The molecule has 0 saturated carbocycles. The quantitative estimate of drug-likeness (QED) is 0.169. The van der Waals surface area contributed by atoms with Crippen molar-refractivity contribution in [2.24, 2.45) is 0 Å². The van der Waals surface area contributed by atoms with Crippen LogP contribution in [-0.4, -0.2) is 31.1 Å². The molecule has 1 aliphatic carbocycles. The van der Waals surface area contributed by atoms with Gasteiger partial charge in [0.15, 0.2) is 17.5 Å². The predicted molar refractivity (Wildman–Crippen MR) is 205 cm³/mol. The number of fused-ring (bicyclic) bond motifs is 3. The van der Waals surface area contributed by atoms with E-state index >= 15 is 0 Å². The zero-order valence-electron chi connectivity index (χ0n) is 28.8. The minimum atomic E-state index is -1.42. The van der Waals surface area contributed by atoms with Gasteiger partial charge in [-0.25, -0.2) is 15.0 Å². The molecular weight excluding hydrogens is 603 g/mol. The Hall–Kier alpha value is -4.46. The maximum atomic E-state index is 5.04. The molecule has 47 heavy (non-hydrogen) atoms. The van der Waals surface area contributed by atoms with Gasteiger partial charge in [-0.1, -0.05) is 173 Å². The molecule has 5 heteroatoms. The fourth-order valence-electron chi connectivity index (χ4n) is 6.70. The number of rotatable bonds is 6. The molecule has 0 amide bonds. The van der Waals surface area contributed by atoms with Gasteiger partial charge in [-0.2, -0.15) is 0 Å². The Morgan fingerprint density at radius 1 is 0.404 bits per heavy atom. The van der Waals surface area contributed by atoms with Crippen LogP contribution in [0.2, 0.25) is 39.3 Å². The van der Waals surface area contributed by atoms with Crippen LogP contribution >= 0.6 is 0 Å². The van der Waals surface area contributed by atoms with Crippen LogP contribution in [0.15, 0.2) is 115 Å². The van der Waals surface area contributed by atoms with Crippen molar-refractivity contribution in [3.63, 3.8) is 0 Å². The van der Waals surface area contributed by atoms with E-state index in [-0.39, 0.29) is 5.41 Å². The third-order valence-electron chi connectivity index (χ3n) is 9.71. The van der Waals surface area contributed by atoms with Crippen LogP contribution in [0, 0.1) is 0 Å². The van der Waals surface area contributed by atoms with Crippen molar-refractivity contribution in [2.75, 3.05) is 0 Å². The van der Waals surface area contributed by atoms with E-state index in [1.165, 1.54) is 43.8 Å². The molecule has 1 aromatic heterocycles. The van der Waals surface area contributed by atoms with Crippen molar-refractivity contribution in [2.45, 2.75) is 58.5 Å². The molecule has 0 radical (unpaired) electrons. The van der Waals surface area contributed by atoms with Crippen LogP contribution in [0.4, 0.5) is 0 Å². The van der Waals surface area contributed by atoms with Crippen molar-refractivity contribution in [3.8, 4) is 56.4 Å². The smallest absolute Gasteiger partial charge is 0.164 e. The highest BCUT2D eigenvalue weighted by molar-refractivity contribution is 6.89. The monoisotopic (exact) mass is 645 g/mol. The summed E-state index contributed by atoms with van der Waals surface area (Å²) in [4.78, 5) is 15.1. The third kappa shape index (κ3) is 5.83. The van der Waals surface area contributed by atoms with E-state index in [0.717, 1.165) is 16.7 Å². The molecule has 0 saturated heterocycles. The van der Waals surface area contributed by atoms with Crippen molar-refractivity contribution in [1.29, 1.82) is 0 Å². The first-order chi connectivity index (χ1) is 22.3. The summed E-state index contributed by atoms with van der Waals surface area (Å²) in [7, 11) is -2.84. The van der Waals surface area contributed by atoms with Crippen LogP contribution in [0.5, 0.6) is 0 Å². The van der Waals surface area contributed by atoms with Crippen molar-refractivity contribution in [3.05, 3.63) is 126 Å². The summed E-state index contributed by atoms with van der Waals surface area (Å²) in [6.07, 6.45) is 0. The number of aromatic nitrogens is 3. The number of benzene rings is 5. The summed E-state index contributed by atoms with van der Waals surface area (Å²) in [6.45, 7) is 18.9. The van der Waals surface area contributed by atoms with Crippen LogP contribution in [0.25, 0.3) is 56.4 Å². The SMILES string of the molecule is CC1(C)c2ccccc2-c2ccc(-c3ccc(-c4nc(-c5ccc([Si](C)(C)C)cc5)nc(-c5ccc([Si](C)(C)C)cc5)n4)cc3)cc21. The van der Waals surface area contributed by atoms with Crippen molar-refractivity contribution >= 4 is 26.5 Å². The summed E-state index contributed by atoms with van der Waals surface area (Å²) < 4.78 is 0. The van der Waals surface area contributed by atoms with Gasteiger partial charge in [-0.3, -0.25) is 0 Å². The Morgan fingerprint density at radius 3 is 1.26 bits per heavy atom. The molecule has 6 aromatic rings. The molecule has 0 fully saturated rings. The molecule has 234 valence electrons. The third-order valence-corrected chi connectivity index (χ3v) is 13.8. The zero-order chi connectivity index (χ0) is 33.1. The number of hydrogen-bond acceptors (Lipinski definition) is 3. The van der Waals surface area contributed by atoms with Gasteiger partial charge in [0.2, 0.25) is 0 Å². The summed E-state index contributed by atoms with van der Waals surface area (Å²) in [5, 5.41) is 2.85. The first-order valence-electron chi connectivity index (χ1n) is 16.6. The second-order valence-electron chi connectivity index (χ2n) is 15.5. The largest absolute Gasteiger partial charge is 0.208 e. The second kappa shape index (κ2) is 11.4. The zero-order valence-corrected chi connectivity index (χ0v) is 30.8. The summed E-state index contributed by atoms with van der Waals surface area (Å²) >= 11 is 0. The molecule has 0 N–H and O–H groups in total. The van der Waals surface area contributed by atoms with Crippen LogP contribution in [0.3, 0.4) is 0 Å². The Kier molecular flexibility index (Phi) is 7.53.